The van der Waals surface area contributed by atoms with E-state index in [4.69, 9.17) is 5.14 Å². The minimum absolute atomic E-state index is 0.00515. The number of carbonyl (C=O) groups excluding carboxylic acids is 1. The molecule has 0 saturated carbocycles. The van der Waals surface area contributed by atoms with Crippen molar-refractivity contribution in [1.29, 1.82) is 0 Å². The topological polar surface area (TPSA) is 89.3 Å². The van der Waals surface area contributed by atoms with Crippen LogP contribution in [0.1, 0.15) is 48.7 Å². The molecular weight excluding hydrogens is 288 g/mol. The summed E-state index contributed by atoms with van der Waals surface area (Å²) in [6.45, 7) is 9.50. The van der Waals surface area contributed by atoms with Crippen molar-refractivity contribution < 1.29 is 13.2 Å². The second-order valence-corrected chi connectivity index (χ2v) is 7.16. The molecule has 0 spiro atoms. The van der Waals surface area contributed by atoms with Crippen molar-refractivity contribution >= 4 is 15.9 Å². The summed E-state index contributed by atoms with van der Waals surface area (Å²) in [7, 11) is -3.84. The van der Waals surface area contributed by atoms with Crippen molar-refractivity contribution in [1.82, 2.24) is 5.32 Å². The Hall–Kier alpha value is -1.40. The molecule has 0 fully saturated rings. The van der Waals surface area contributed by atoms with Gasteiger partial charge in [-0.05, 0) is 43.9 Å². The first-order chi connectivity index (χ1) is 9.57. The molecule has 0 saturated heterocycles. The molecule has 21 heavy (non-hydrogen) atoms. The van der Waals surface area contributed by atoms with E-state index < -0.39 is 10.0 Å². The van der Waals surface area contributed by atoms with Gasteiger partial charge in [-0.15, -0.1) is 0 Å². The number of carbonyl (C=O) groups is 1. The van der Waals surface area contributed by atoms with Crippen LogP contribution in [-0.2, 0) is 10.0 Å². The van der Waals surface area contributed by atoms with Gasteiger partial charge in [0.25, 0.3) is 5.91 Å². The molecule has 2 unspecified atom stereocenters. The Morgan fingerprint density at radius 1 is 1.24 bits per heavy atom. The maximum Gasteiger partial charge on any atom is 0.251 e. The van der Waals surface area contributed by atoms with Crippen LogP contribution in [-0.4, -0.2) is 20.4 Å². The van der Waals surface area contributed by atoms with Crippen LogP contribution in [0.4, 0.5) is 0 Å². The van der Waals surface area contributed by atoms with Crippen molar-refractivity contribution in [2.24, 2.45) is 11.1 Å². The molecule has 1 aromatic rings. The highest BCUT2D eigenvalue weighted by Crippen LogP contribution is 2.20. The molecule has 1 rings (SSSR count). The van der Waals surface area contributed by atoms with E-state index in [9.17, 15) is 13.2 Å². The lowest BCUT2D eigenvalue weighted by molar-refractivity contribution is 0.0927. The smallest absolute Gasteiger partial charge is 0.251 e. The fourth-order valence-electron chi connectivity index (χ4n) is 2.16. The van der Waals surface area contributed by atoms with E-state index >= 15 is 0 Å². The van der Waals surface area contributed by atoms with E-state index in [2.05, 4.69) is 19.2 Å². The molecule has 0 bridgehead atoms. The lowest BCUT2D eigenvalue weighted by Crippen LogP contribution is -2.37. The molecule has 0 aliphatic carbocycles. The van der Waals surface area contributed by atoms with Crippen LogP contribution in [0.3, 0.4) is 0 Å². The maximum atomic E-state index is 12.3. The van der Waals surface area contributed by atoms with Gasteiger partial charge in [-0.2, -0.15) is 0 Å². The summed E-state index contributed by atoms with van der Waals surface area (Å²) in [6.07, 6.45) is 0.955. The second kappa shape index (κ2) is 6.58. The number of rotatable bonds is 5. The van der Waals surface area contributed by atoms with Gasteiger partial charge in [-0.3, -0.25) is 4.79 Å². The van der Waals surface area contributed by atoms with Crippen LogP contribution in [0.5, 0.6) is 0 Å². The minimum Gasteiger partial charge on any atom is -0.349 e. The van der Waals surface area contributed by atoms with E-state index in [0.29, 0.717) is 17.0 Å². The molecule has 118 valence electrons. The predicted molar refractivity (Wildman–Crippen MR) is 83.7 cm³/mol. The van der Waals surface area contributed by atoms with Crippen LogP contribution in [0, 0.1) is 19.8 Å². The summed E-state index contributed by atoms with van der Waals surface area (Å²) in [5.74, 6) is 0.0719. The van der Waals surface area contributed by atoms with Crippen LogP contribution in [0.25, 0.3) is 0 Å². The van der Waals surface area contributed by atoms with Crippen LogP contribution >= 0.6 is 0 Å². The summed E-state index contributed by atoms with van der Waals surface area (Å²) in [5, 5.41) is 8.10. The van der Waals surface area contributed by atoms with Crippen LogP contribution < -0.4 is 10.5 Å². The first-order valence-electron chi connectivity index (χ1n) is 7.02. The van der Waals surface area contributed by atoms with E-state index in [0.717, 1.165) is 12.0 Å². The highest BCUT2D eigenvalue weighted by atomic mass is 32.2. The maximum absolute atomic E-state index is 12.3. The Kier molecular flexibility index (Phi) is 5.53. The van der Waals surface area contributed by atoms with Gasteiger partial charge in [0.15, 0.2) is 0 Å². The number of benzene rings is 1. The second-order valence-electron chi connectivity index (χ2n) is 5.63. The van der Waals surface area contributed by atoms with Crippen LogP contribution in [0.2, 0.25) is 0 Å². The largest absolute Gasteiger partial charge is 0.349 e. The Balaban J connectivity index is 3.16. The Labute approximate surface area is 127 Å². The quantitative estimate of drug-likeness (QED) is 0.872. The van der Waals surface area contributed by atoms with Crippen molar-refractivity contribution in [3.8, 4) is 0 Å². The Bertz CT molecular complexity index is 639. The Morgan fingerprint density at radius 2 is 1.81 bits per heavy atom. The van der Waals surface area contributed by atoms with Crippen molar-refractivity contribution in [3.63, 3.8) is 0 Å². The molecule has 2 atom stereocenters. The predicted octanol–water partition coefficient (Wildman–Crippen LogP) is 2.12. The number of sulfonamides is 1. The number of aryl methyl sites for hydroxylation is 2. The molecule has 0 aromatic heterocycles. The molecule has 1 amide bonds. The summed E-state index contributed by atoms with van der Waals surface area (Å²) in [4.78, 5) is 12.3. The van der Waals surface area contributed by atoms with E-state index in [-0.39, 0.29) is 16.8 Å². The molecule has 0 heterocycles. The molecule has 0 aliphatic rings. The fourth-order valence-corrected chi connectivity index (χ4v) is 2.95. The number of hydrogen-bond acceptors (Lipinski definition) is 3. The average Bonchev–Trinajstić information content (AvgIpc) is 2.35. The lowest BCUT2D eigenvalue weighted by atomic mass is 9.99. The number of primary sulfonamides is 1. The third-order valence-corrected chi connectivity index (χ3v) is 4.98. The zero-order valence-electron chi connectivity index (χ0n) is 13.2. The zero-order valence-corrected chi connectivity index (χ0v) is 14.0. The number of nitrogens with two attached hydrogens (primary N) is 1. The van der Waals surface area contributed by atoms with Gasteiger partial charge in [0, 0.05) is 11.6 Å². The van der Waals surface area contributed by atoms with Gasteiger partial charge in [0.1, 0.15) is 0 Å². The monoisotopic (exact) mass is 312 g/mol. The third kappa shape index (κ3) is 4.28. The molecule has 3 N–H and O–H groups in total. The summed E-state index contributed by atoms with van der Waals surface area (Å²) in [5.41, 5.74) is 1.62. The van der Waals surface area contributed by atoms with Gasteiger partial charge in [-0.1, -0.05) is 26.3 Å². The fraction of sp³-hybridized carbons (Fsp3) is 0.533. The van der Waals surface area contributed by atoms with Gasteiger partial charge in [0.2, 0.25) is 10.0 Å². The first kappa shape index (κ1) is 17.7. The van der Waals surface area contributed by atoms with E-state index in [1.165, 1.54) is 6.07 Å². The van der Waals surface area contributed by atoms with Crippen molar-refractivity contribution in [2.45, 2.75) is 52.0 Å². The molecular formula is C15H24N2O3S. The third-order valence-electron chi connectivity index (χ3n) is 3.93. The van der Waals surface area contributed by atoms with Crippen molar-refractivity contribution in [3.05, 3.63) is 28.8 Å². The highest BCUT2D eigenvalue weighted by Gasteiger charge is 2.20. The lowest BCUT2D eigenvalue weighted by Gasteiger charge is -2.21. The number of amides is 1. The SMILES string of the molecule is CCC(C)C(C)NC(=O)c1cc(S(N)(=O)=O)c(C)cc1C. The number of hydrogen-bond donors (Lipinski definition) is 2. The van der Waals surface area contributed by atoms with E-state index in [1.54, 1.807) is 19.9 Å². The average molecular weight is 312 g/mol. The standard InChI is InChI=1S/C15H24N2O3S/c1-6-9(2)12(5)17-15(18)13-8-14(21(16,19)20)11(4)7-10(13)3/h7-9,12H,6H2,1-5H3,(H,17,18)(H2,16,19,20). The van der Waals surface area contributed by atoms with Gasteiger partial charge >= 0.3 is 0 Å². The molecule has 6 heteroatoms. The molecule has 0 radical (unpaired) electrons. The number of nitrogens with one attached hydrogen (secondary N) is 1. The molecule has 1 aromatic carbocycles. The molecule has 5 nitrogen and oxygen atoms in total. The summed E-state index contributed by atoms with van der Waals surface area (Å²) in [6, 6.07) is 3.04. The normalized spacial score (nSPS) is 14.6. The zero-order chi connectivity index (χ0) is 16.4. The van der Waals surface area contributed by atoms with Crippen LogP contribution in [0.15, 0.2) is 17.0 Å². The highest BCUT2D eigenvalue weighted by molar-refractivity contribution is 7.89. The molecule has 0 aliphatic heterocycles. The summed E-state index contributed by atoms with van der Waals surface area (Å²) < 4.78 is 23.1. The first-order valence-corrected chi connectivity index (χ1v) is 8.57. The van der Waals surface area contributed by atoms with Gasteiger partial charge in [0.05, 0.1) is 4.90 Å². The van der Waals surface area contributed by atoms with Gasteiger partial charge < -0.3 is 5.32 Å². The minimum atomic E-state index is -3.84. The Morgan fingerprint density at radius 3 is 2.29 bits per heavy atom. The summed E-state index contributed by atoms with van der Waals surface area (Å²) >= 11 is 0. The van der Waals surface area contributed by atoms with Gasteiger partial charge in [-0.25, -0.2) is 13.6 Å². The van der Waals surface area contributed by atoms with E-state index in [1.807, 2.05) is 6.92 Å². The van der Waals surface area contributed by atoms with Crippen molar-refractivity contribution in [2.75, 3.05) is 0 Å².